The Morgan fingerprint density at radius 1 is 0.750 bits per heavy atom. The molecule has 0 aromatic heterocycles. The number of methoxy groups -OCH3 is 1. The van der Waals surface area contributed by atoms with Crippen molar-refractivity contribution < 1.29 is 9.53 Å². The quantitative estimate of drug-likeness (QED) is 0.453. The van der Waals surface area contributed by atoms with Crippen LogP contribution in [0, 0.1) is 0 Å². The number of hydrogen-bond acceptors (Lipinski definition) is 3. The van der Waals surface area contributed by atoms with Gasteiger partial charge in [0.15, 0.2) is 0 Å². The molecule has 0 aliphatic carbocycles. The van der Waals surface area contributed by atoms with Crippen molar-refractivity contribution in [1.82, 2.24) is 0 Å². The molecule has 1 atom stereocenters. The smallest absolute Gasteiger partial charge is 0.317 e. The minimum atomic E-state index is -0.489. The van der Waals surface area contributed by atoms with Crippen LogP contribution in [0.15, 0.2) is 78.9 Å². The van der Waals surface area contributed by atoms with E-state index in [9.17, 15) is 4.79 Å². The van der Waals surface area contributed by atoms with Gasteiger partial charge >= 0.3 is 5.97 Å². The maximum atomic E-state index is 13.0. The van der Waals surface area contributed by atoms with Gasteiger partial charge in [-0.3, -0.25) is 4.79 Å². The minimum absolute atomic E-state index is 0.251. The van der Waals surface area contributed by atoms with Crippen molar-refractivity contribution in [2.24, 2.45) is 0 Å². The minimum Gasteiger partial charge on any atom is -0.468 e. The van der Waals surface area contributed by atoms with Crippen LogP contribution in [0.2, 0.25) is 0 Å². The first-order valence-corrected chi connectivity index (χ1v) is 9.36. The highest BCUT2D eigenvalue weighted by molar-refractivity contribution is 6.01. The predicted molar refractivity (Wildman–Crippen MR) is 116 cm³/mol. The molecule has 0 fully saturated rings. The number of carbonyl (C=O) groups excluding carboxylic acids is 1. The fourth-order valence-corrected chi connectivity index (χ4v) is 3.99. The Balaban J connectivity index is 2.03. The number of anilines is 1. The summed E-state index contributed by atoms with van der Waals surface area (Å²) >= 11 is 0. The second-order valence-electron chi connectivity index (χ2n) is 7.14. The Morgan fingerprint density at radius 3 is 2.07 bits per heavy atom. The van der Waals surface area contributed by atoms with E-state index in [1.54, 1.807) is 0 Å². The zero-order chi connectivity index (χ0) is 19.7. The summed E-state index contributed by atoms with van der Waals surface area (Å²) in [5.74, 6) is -0.740. The third-order valence-electron chi connectivity index (χ3n) is 5.30. The van der Waals surface area contributed by atoms with Crippen LogP contribution < -0.4 is 4.90 Å². The number of ether oxygens (including phenoxy) is 1. The fourth-order valence-electron chi connectivity index (χ4n) is 3.99. The van der Waals surface area contributed by atoms with E-state index in [0.29, 0.717) is 0 Å². The van der Waals surface area contributed by atoms with Crippen LogP contribution in [0.3, 0.4) is 0 Å². The molecule has 0 heterocycles. The Kier molecular flexibility index (Phi) is 4.74. The van der Waals surface area contributed by atoms with Crippen LogP contribution in [-0.4, -0.2) is 27.2 Å². The van der Waals surface area contributed by atoms with E-state index in [4.69, 9.17) is 4.74 Å². The first kappa shape index (κ1) is 18.1. The lowest BCUT2D eigenvalue weighted by Gasteiger charge is -2.22. The largest absolute Gasteiger partial charge is 0.468 e. The third kappa shape index (κ3) is 2.99. The summed E-state index contributed by atoms with van der Waals surface area (Å²) < 4.78 is 5.25. The number of fused-ring (bicyclic) bond motifs is 2. The molecular formula is C25H23NO2. The molecule has 0 bridgehead atoms. The highest BCUT2D eigenvalue weighted by atomic mass is 16.5. The molecule has 3 heteroatoms. The van der Waals surface area contributed by atoms with Crippen LogP contribution in [-0.2, 0) is 9.53 Å². The first-order chi connectivity index (χ1) is 13.6. The van der Waals surface area contributed by atoms with Gasteiger partial charge in [-0.2, -0.15) is 0 Å². The van der Waals surface area contributed by atoms with E-state index in [0.717, 1.165) is 38.4 Å². The third-order valence-corrected chi connectivity index (χ3v) is 5.30. The maximum Gasteiger partial charge on any atom is 0.317 e. The zero-order valence-electron chi connectivity index (χ0n) is 16.3. The molecule has 0 N–H and O–H groups in total. The summed E-state index contributed by atoms with van der Waals surface area (Å²) in [7, 11) is 5.52. The SMILES string of the molecule is COC(=O)C(c1cccc2ccccc12)c1ccc(N(C)C)c2ccccc12. The Hall–Kier alpha value is -3.33. The van der Waals surface area contributed by atoms with Gasteiger partial charge in [0.25, 0.3) is 0 Å². The summed E-state index contributed by atoms with van der Waals surface area (Å²) in [4.78, 5) is 15.1. The lowest BCUT2D eigenvalue weighted by molar-refractivity contribution is -0.141. The van der Waals surface area contributed by atoms with Gasteiger partial charge in [-0.25, -0.2) is 0 Å². The Bertz CT molecular complexity index is 1160. The monoisotopic (exact) mass is 369 g/mol. The van der Waals surface area contributed by atoms with Gasteiger partial charge in [0.1, 0.15) is 5.92 Å². The summed E-state index contributed by atoms with van der Waals surface area (Å²) in [5.41, 5.74) is 3.05. The van der Waals surface area contributed by atoms with Gasteiger partial charge in [0, 0.05) is 25.2 Å². The molecular weight excluding hydrogens is 346 g/mol. The van der Waals surface area contributed by atoms with Crippen LogP contribution in [0.4, 0.5) is 5.69 Å². The van der Waals surface area contributed by atoms with Crippen molar-refractivity contribution in [2.45, 2.75) is 5.92 Å². The first-order valence-electron chi connectivity index (χ1n) is 9.36. The van der Waals surface area contributed by atoms with Crippen LogP contribution in [0.25, 0.3) is 21.5 Å². The average molecular weight is 369 g/mol. The molecule has 4 rings (SSSR count). The molecule has 0 aliphatic heterocycles. The summed E-state index contributed by atoms with van der Waals surface area (Å²) in [6.07, 6.45) is 0. The fraction of sp³-hybridized carbons (Fsp3) is 0.160. The van der Waals surface area contributed by atoms with Gasteiger partial charge in [-0.15, -0.1) is 0 Å². The molecule has 0 radical (unpaired) electrons. The molecule has 0 saturated heterocycles. The predicted octanol–water partition coefficient (Wildman–Crippen LogP) is 5.36. The normalized spacial score (nSPS) is 12.1. The van der Waals surface area contributed by atoms with Crippen LogP contribution >= 0.6 is 0 Å². The second kappa shape index (κ2) is 7.35. The van der Waals surface area contributed by atoms with Crippen LogP contribution in [0.5, 0.6) is 0 Å². The molecule has 0 spiro atoms. The Labute approximate surface area is 165 Å². The highest BCUT2D eigenvalue weighted by Gasteiger charge is 2.27. The van der Waals surface area contributed by atoms with E-state index in [2.05, 4.69) is 47.4 Å². The molecule has 28 heavy (non-hydrogen) atoms. The highest BCUT2D eigenvalue weighted by Crippen LogP contribution is 2.38. The number of nitrogens with zero attached hydrogens (tertiary/aromatic N) is 1. The van der Waals surface area contributed by atoms with Gasteiger partial charge in [0.05, 0.1) is 7.11 Å². The molecule has 140 valence electrons. The van der Waals surface area contributed by atoms with Crippen molar-refractivity contribution in [3.05, 3.63) is 90.0 Å². The zero-order valence-corrected chi connectivity index (χ0v) is 16.3. The van der Waals surface area contributed by atoms with E-state index in [-0.39, 0.29) is 5.97 Å². The second-order valence-corrected chi connectivity index (χ2v) is 7.14. The standard InChI is InChI=1S/C25H23NO2/c1-26(2)23-16-15-22(19-12-6-7-13-20(19)23)24(25(27)28-3)21-14-8-10-17-9-4-5-11-18(17)21/h4-16,24H,1-3H3. The molecule has 4 aromatic carbocycles. The van der Waals surface area contributed by atoms with Gasteiger partial charge in [-0.1, -0.05) is 72.8 Å². The lowest BCUT2D eigenvalue weighted by atomic mass is 9.85. The van der Waals surface area contributed by atoms with Gasteiger partial charge < -0.3 is 9.64 Å². The van der Waals surface area contributed by atoms with Gasteiger partial charge in [0.2, 0.25) is 0 Å². The summed E-state index contributed by atoms with van der Waals surface area (Å²) in [5, 5.41) is 4.38. The van der Waals surface area contributed by atoms with E-state index < -0.39 is 5.92 Å². The molecule has 1 unspecified atom stereocenters. The van der Waals surface area contributed by atoms with Crippen molar-refractivity contribution >= 4 is 33.2 Å². The van der Waals surface area contributed by atoms with E-state index >= 15 is 0 Å². The average Bonchev–Trinajstić information content (AvgIpc) is 2.73. The number of carbonyl (C=O) groups is 1. The molecule has 3 nitrogen and oxygen atoms in total. The topological polar surface area (TPSA) is 29.5 Å². The van der Waals surface area contributed by atoms with Crippen molar-refractivity contribution in [3.63, 3.8) is 0 Å². The molecule has 0 aliphatic rings. The number of hydrogen-bond donors (Lipinski definition) is 0. The number of rotatable bonds is 4. The molecule has 0 saturated carbocycles. The Morgan fingerprint density at radius 2 is 1.36 bits per heavy atom. The van der Waals surface area contributed by atoms with E-state index in [1.165, 1.54) is 7.11 Å². The number of esters is 1. The van der Waals surface area contributed by atoms with Gasteiger partial charge in [-0.05, 0) is 33.4 Å². The molecule has 0 amide bonds. The summed E-state index contributed by atoms with van der Waals surface area (Å²) in [6.45, 7) is 0. The van der Waals surface area contributed by atoms with Crippen LogP contribution in [0.1, 0.15) is 17.0 Å². The van der Waals surface area contributed by atoms with Crippen molar-refractivity contribution in [2.75, 3.05) is 26.1 Å². The summed E-state index contributed by atoms with van der Waals surface area (Å²) in [6, 6.07) is 26.6. The lowest BCUT2D eigenvalue weighted by Crippen LogP contribution is -2.17. The van der Waals surface area contributed by atoms with E-state index in [1.807, 2.05) is 50.5 Å². The number of benzene rings is 4. The molecule has 4 aromatic rings. The maximum absolute atomic E-state index is 13.0. The van der Waals surface area contributed by atoms with Crippen molar-refractivity contribution in [3.8, 4) is 0 Å². The van der Waals surface area contributed by atoms with Crippen molar-refractivity contribution in [1.29, 1.82) is 0 Å².